The van der Waals surface area contributed by atoms with Crippen molar-refractivity contribution in [3.05, 3.63) is 47.8 Å². The minimum atomic E-state index is -0.615. The molecule has 2 rings (SSSR count). The maximum Gasteiger partial charge on any atom is 0.273 e. The summed E-state index contributed by atoms with van der Waals surface area (Å²) in [5.41, 5.74) is 0.620. The van der Waals surface area contributed by atoms with Gasteiger partial charge in [0, 0.05) is 12.7 Å². The maximum atomic E-state index is 13.1. The number of aromatic nitrogens is 2. The predicted octanol–water partition coefficient (Wildman–Crippen LogP) is 1.68. The van der Waals surface area contributed by atoms with Crippen LogP contribution in [0.4, 0.5) is 10.1 Å². The zero-order chi connectivity index (χ0) is 13.1. The summed E-state index contributed by atoms with van der Waals surface area (Å²) in [6.07, 6.45) is 2.92. The Morgan fingerprint density at radius 2 is 2.33 bits per heavy atom. The van der Waals surface area contributed by atoms with E-state index in [2.05, 4.69) is 10.3 Å². The molecule has 5 nitrogen and oxygen atoms in total. The van der Waals surface area contributed by atoms with Crippen molar-refractivity contribution in [2.75, 3.05) is 5.32 Å². The Morgan fingerprint density at radius 1 is 1.56 bits per heavy atom. The number of nitrogens with one attached hydrogen (secondary N) is 1. The topological polar surface area (TPSA) is 70.7 Å². The number of halogens is 1. The average molecular weight is 244 g/mol. The van der Waals surface area contributed by atoms with Crippen molar-refractivity contribution >= 4 is 11.6 Å². The molecule has 90 valence electrons. The number of imidazole rings is 1. The van der Waals surface area contributed by atoms with E-state index >= 15 is 0 Å². The van der Waals surface area contributed by atoms with Crippen LogP contribution in [0.15, 0.2) is 30.7 Å². The smallest absolute Gasteiger partial charge is 0.273 e. The molecule has 2 aromatic rings. The number of hydrogen-bond donors (Lipinski definition) is 1. The molecule has 18 heavy (non-hydrogen) atoms. The van der Waals surface area contributed by atoms with Gasteiger partial charge in [0.2, 0.25) is 0 Å². The van der Waals surface area contributed by atoms with Crippen molar-refractivity contribution in [2.24, 2.45) is 7.05 Å². The van der Waals surface area contributed by atoms with Crippen LogP contribution in [0.3, 0.4) is 0 Å². The molecule has 1 aromatic carbocycles. The van der Waals surface area contributed by atoms with Gasteiger partial charge in [-0.25, -0.2) is 9.37 Å². The van der Waals surface area contributed by atoms with Crippen molar-refractivity contribution in [3.8, 4) is 6.07 Å². The molecule has 0 saturated carbocycles. The average Bonchev–Trinajstić information content (AvgIpc) is 2.78. The van der Waals surface area contributed by atoms with Crippen molar-refractivity contribution in [1.82, 2.24) is 9.55 Å². The highest BCUT2D eigenvalue weighted by atomic mass is 19.1. The minimum Gasteiger partial charge on any atom is -0.330 e. The Labute approximate surface area is 102 Å². The number of benzene rings is 1. The van der Waals surface area contributed by atoms with Gasteiger partial charge in [0.05, 0.1) is 18.1 Å². The predicted molar refractivity (Wildman–Crippen MR) is 62.3 cm³/mol. The first-order chi connectivity index (χ1) is 8.61. The first-order valence-corrected chi connectivity index (χ1v) is 5.09. The van der Waals surface area contributed by atoms with Crippen LogP contribution < -0.4 is 5.32 Å². The zero-order valence-corrected chi connectivity index (χ0v) is 9.51. The number of nitrogens with zero attached hydrogens (tertiary/aromatic N) is 3. The lowest BCUT2D eigenvalue weighted by Crippen LogP contribution is -2.15. The summed E-state index contributed by atoms with van der Waals surface area (Å²) >= 11 is 0. The van der Waals surface area contributed by atoms with Crippen LogP contribution in [0.1, 0.15) is 16.1 Å². The zero-order valence-electron chi connectivity index (χ0n) is 9.51. The van der Waals surface area contributed by atoms with Crippen LogP contribution in [0, 0.1) is 17.1 Å². The van der Waals surface area contributed by atoms with Gasteiger partial charge < -0.3 is 9.88 Å². The summed E-state index contributed by atoms with van der Waals surface area (Å²) in [7, 11) is 1.69. The fourth-order valence-corrected chi connectivity index (χ4v) is 1.46. The molecular formula is C12H9FN4O. The summed E-state index contributed by atoms with van der Waals surface area (Å²) in [5.74, 6) is -0.985. The second-order valence-corrected chi connectivity index (χ2v) is 3.65. The van der Waals surface area contributed by atoms with Crippen LogP contribution >= 0.6 is 0 Å². The highest BCUT2D eigenvalue weighted by molar-refractivity contribution is 6.03. The molecule has 0 unspecified atom stereocenters. The van der Waals surface area contributed by atoms with Gasteiger partial charge in [-0.05, 0) is 18.2 Å². The number of amides is 1. The van der Waals surface area contributed by atoms with Gasteiger partial charge in [0.25, 0.3) is 5.91 Å². The number of carbonyl (C=O) groups is 1. The summed E-state index contributed by atoms with van der Waals surface area (Å²) in [4.78, 5) is 15.7. The molecule has 0 atom stereocenters. The number of aryl methyl sites for hydroxylation is 1. The van der Waals surface area contributed by atoms with Gasteiger partial charge in [-0.15, -0.1) is 0 Å². The van der Waals surface area contributed by atoms with Gasteiger partial charge in [0.15, 0.2) is 0 Å². The van der Waals surface area contributed by atoms with E-state index in [9.17, 15) is 9.18 Å². The molecule has 1 aromatic heterocycles. The van der Waals surface area contributed by atoms with Crippen LogP contribution in [0.5, 0.6) is 0 Å². The fraction of sp³-hybridized carbons (Fsp3) is 0.0833. The van der Waals surface area contributed by atoms with E-state index in [-0.39, 0.29) is 11.5 Å². The van der Waals surface area contributed by atoms with E-state index in [0.717, 1.165) is 6.07 Å². The second-order valence-electron chi connectivity index (χ2n) is 3.65. The first-order valence-electron chi connectivity index (χ1n) is 5.09. The summed E-state index contributed by atoms with van der Waals surface area (Å²) in [6.45, 7) is 0. The third kappa shape index (κ3) is 2.20. The molecule has 0 bridgehead atoms. The van der Waals surface area contributed by atoms with Gasteiger partial charge in [-0.2, -0.15) is 5.26 Å². The minimum absolute atomic E-state index is 0.113. The molecule has 0 saturated heterocycles. The van der Waals surface area contributed by atoms with E-state index in [4.69, 9.17) is 5.26 Å². The third-order valence-electron chi connectivity index (χ3n) is 2.39. The molecule has 0 aliphatic rings. The van der Waals surface area contributed by atoms with Gasteiger partial charge in [-0.3, -0.25) is 4.79 Å². The summed E-state index contributed by atoms with van der Waals surface area (Å²) in [5, 5.41) is 11.3. The Hall–Kier alpha value is -2.68. The van der Waals surface area contributed by atoms with Gasteiger partial charge in [0.1, 0.15) is 17.6 Å². The standard InChI is InChI=1S/C12H9FN4O/c1-17-7-15-6-11(17)12(18)16-9-2-3-10(13)8(4-9)5-14/h2-4,6-7H,1H3,(H,16,18). The van der Waals surface area contributed by atoms with Crippen LogP contribution in [0.2, 0.25) is 0 Å². The molecular weight excluding hydrogens is 235 g/mol. The van der Waals surface area contributed by atoms with E-state index in [0.29, 0.717) is 11.4 Å². The maximum absolute atomic E-state index is 13.1. The molecule has 1 amide bonds. The number of hydrogen-bond acceptors (Lipinski definition) is 3. The molecule has 1 N–H and O–H groups in total. The van der Waals surface area contributed by atoms with Gasteiger partial charge in [-0.1, -0.05) is 0 Å². The third-order valence-corrected chi connectivity index (χ3v) is 2.39. The monoisotopic (exact) mass is 244 g/mol. The van der Waals surface area contributed by atoms with E-state index < -0.39 is 5.82 Å². The number of rotatable bonds is 2. The van der Waals surface area contributed by atoms with Crippen LogP contribution in [-0.4, -0.2) is 15.5 Å². The molecule has 0 fully saturated rings. The second kappa shape index (κ2) is 4.67. The lowest BCUT2D eigenvalue weighted by Gasteiger charge is -2.05. The molecule has 0 radical (unpaired) electrons. The van der Waals surface area contributed by atoms with Crippen molar-refractivity contribution in [2.45, 2.75) is 0 Å². The van der Waals surface area contributed by atoms with Gasteiger partial charge >= 0.3 is 0 Å². The molecule has 0 spiro atoms. The lowest BCUT2D eigenvalue weighted by atomic mass is 10.2. The van der Waals surface area contributed by atoms with E-state index in [1.807, 2.05) is 0 Å². The first kappa shape index (κ1) is 11.8. The SMILES string of the molecule is Cn1cncc1C(=O)Nc1ccc(F)c(C#N)c1. The largest absolute Gasteiger partial charge is 0.330 e. The van der Waals surface area contributed by atoms with Crippen molar-refractivity contribution in [3.63, 3.8) is 0 Å². The van der Waals surface area contributed by atoms with Crippen LogP contribution in [0.25, 0.3) is 0 Å². The summed E-state index contributed by atoms with van der Waals surface area (Å²) in [6, 6.07) is 5.52. The highest BCUT2D eigenvalue weighted by Crippen LogP contribution is 2.14. The van der Waals surface area contributed by atoms with E-state index in [1.54, 1.807) is 17.7 Å². The summed E-state index contributed by atoms with van der Waals surface area (Å²) < 4.78 is 14.7. The van der Waals surface area contributed by atoms with Crippen LogP contribution in [-0.2, 0) is 7.05 Å². The Kier molecular flexibility index (Phi) is 3.06. The highest BCUT2D eigenvalue weighted by Gasteiger charge is 2.11. The molecule has 6 heteroatoms. The molecule has 0 aliphatic carbocycles. The quantitative estimate of drug-likeness (QED) is 0.873. The van der Waals surface area contributed by atoms with Crippen molar-refractivity contribution in [1.29, 1.82) is 5.26 Å². The Balaban J connectivity index is 2.23. The van der Waals surface area contributed by atoms with E-state index in [1.165, 1.54) is 24.7 Å². The molecule has 1 heterocycles. The Bertz CT molecular complexity index is 642. The lowest BCUT2D eigenvalue weighted by molar-refractivity contribution is 0.101. The normalized spacial score (nSPS) is 9.83. The number of nitriles is 1. The number of carbonyl (C=O) groups excluding carboxylic acids is 1. The fourth-order valence-electron chi connectivity index (χ4n) is 1.46. The number of anilines is 1. The van der Waals surface area contributed by atoms with Crippen molar-refractivity contribution < 1.29 is 9.18 Å². The Morgan fingerprint density at radius 3 is 2.94 bits per heavy atom. The molecule has 0 aliphatic heterocycles.